The maximum atomic E-state index is 13.9. The number of amides is 7. The van der Waals surface area contributed by atoms with Gasteiger partial charge in [-0.05, 0) is 60.3 Å². The van der Waals surface area contributed by atoms with Gasteiger partial charge in [0.1, 0.15) is 5.54 Å². The Hall–Kier alpha value is -6.06. The number of azide groups is 1. The Morgan fingerprint density at radius 1 is 0.679 bits per heavy atom. The first-order valence-electron chi connectivity index (χ1n) is 26.7. The maximum Gasteiger partial charge on any atom is 0.335 e. The molecule has 1 spiro atoms. The number of urea groups is 2. The molecule has 446 valence electrons. The van der Waals surface area contributed by atoms with Crippen LogP contribution in [0.5, 0.6) is 0 Å². The Kier molecular flexibility index (Phi) is 31.3. The summed E-state index contributed by atoms with van der Waals surface area (Å²) in [6, 6.07) is 10.00. The summed E-state index contributed by atoms with van der Waals surface area (Å²) in [5.74, 6) is -1.60. The van der Waals surface area contributed by atoms with E-state index in [9.17, 15) is 28.8 Å². The summed E-state index contributed by atoms with van der Waals surface area (Å²) in [6.07, 6.45) is 5.14. The van der Waals surface area contributed by atoms with Crippen molar-refractivity contribution < 1.29 is 90.4 Å². The van der Waals surface area contributed by atoms with E-state index >= 15 is 0 Å². The zero-order valence-electron chi connectivity index (χ0n) is 45.4. The third-order valence-corrected chi connectivity index (χ3v) is 12.4. The molecule has 0 saturated carbocycles. The molecule has 3 heterocycles. The summed E-state index contributed by atoms with van der Waals surface area (Å²) in [5, 5.41) is 9.47. The molecule has 2 aromatic carbocycles. The van der Waals surface area contributed by atoms with Crippen molar-refractivity contribution in [1.82, 2.24) is 15.3 Å². The number of halogens is 1. The number of piperidine rings is 1. The first-order chi connectivity index (χ1) is 39.5. The zero-order chi connectivity index (χ0) is 57.8. The SMILES string of the molecule is C#Cc1cccc(NC(=O)N2CCC3(CC2)NC(=O)N(c2cc(Cl)cc(C4CC(=O)N(OC(=O)CCOCCOCCOCCOCCOCCOCCOCCOCCOCCOCCOCCOCCN=[N+]=[N-])C4=O)c2)C3=O)c1. The molecule has 27 nitrogen and oxygen atoms in total. The van der Waals surface area contributed by atoms with E-state index in [0.29, 0.717) is 162 Å². The minimum atomic E-state index is -1.29. The van der Waals surface area contributed by atoms with E-state index in [1.165, 1.54) is 23.1 Å². The quantitative estimate of drug-likeness (QED) is 0.0182. The van der Waals surface area contributed by atoms with Crippen molar-refractivity contribution in [2.45, 2.75) is 37.1 Å². The van der Waals surface area contributed by atoms with Gasteiger partial charge in [-0.15, -0.1) is 11.5 Å². The van der Waals surface area contributed by atoms with Crippen LogP contribution in [-0.2, 0) is 80.9 Å². The van der Waals surface area contributed by atoms with Crippen molar-refractivity contribution in [2.24, 2.45) is 5.11 Å². The minimum absolute atomic E-state index is 0.0599. The van der Waals surface area contributed by atoms with Crippen LogP contribution >= 0.6 is 11.6 Å². The topological polar surface area (TPSA) is 305 Å². The monoisotopic (exact) mass is 1160 g/mol. The molecule has 0 bridgehead atoms. The summed E-state index contributed by atoms with van der Waals surface area (Å²) in [7, 11) is 0. The third kappa shape index (κ3) is 24.1. The molecule has 7 amide bonds. The summed E-state index contributed by atoms with van der Waals surface area (Å²) in [6.45, 7) is 9.87. The number of ether oxygens (including phenoxy) is 12. The smallest absolute Gasteiger partial charge is 0.335 e. The van der Waals surface area contributed by atoms with Crippen molar-refractivity contribution in [3.63, 3.8) is 0 Å². The number of imide groups is 2. The second-order valence-electron chi connectivity index (χ2n) is 17.8. The van der Waals surface area contributed by atoms with Crippen LogP contribution in [0.3, 0.4) is 0 Å². The lowest BCUT2D eigenvalue weighted by atomic mass is 9.87. The van der Waals surface area contributed by atoms with Gasteiger partial charge in [0.25, 0.3) is 17.7 Å². The summed E-state index contributed by atoms with van der Waals surface area (Å²) in [5.41, 5.74) is 8.33. The Morgan fingerprint density at radius 3 is 1.62 bits per heavy atom. The highest BCUT2D eigenvalue weighted by molar-refractivity contribution is 6.31. The van der Waals surface area contributed by atoms with Gasteiger partial charge in [-0.3, -0.25) is 14.4 Å². The second kappa shape index (κ2) is 38.6. The molecule has 0 radical (unpaired) electrons. The fourth-order valence-corrected chi connectivity index (χ4v) is 8.28. The van der Waals surface area contributed by atoms with Crippen LogP contribution in [-0.4, -0.2) is 229 Å². The lowest BCUT2D eigenvalue weighted by Gasteiger charge is -2.37. The largest absolute Gasteiger partial charge is 0.379 e. The van der Waals surface area contributed by atoms with Gasteiger partial charge in [0.15, 0.2) is 0 Å². The van der Waals surface area contributed by atoms with Crippen LogP contribution < -0.4 is 15.5 Å². The number of hydrogen-bond donors (Lipinski definition) is 2. The maximum absolute atomic E-state index is 13.9. The van der Waals surface area contributed by atoms with Gasteiger partial charge < -0.3 is 77.2 Å². The molecule has 1 unspecified atom stereocenters. The Bertz CT molecular complexity index is 2370. The Balaban J connectivity index is 0.788. The van der Waals surface area contributed by atoms with Gasteiger partial charge in [0.05, 0.1) is 177 Å². The van der Waals surface area contributed by atoms with Gasteiger partial charge in [-0.25, -0.2) is 19.3 Å². The van der Waals surface area contributed by atoms with E-state index in [4.69, 9.17) is 85.2 Å². The van der Waals surface area contributed by atoms with Crippen LogP contribution in [0.25, 0.3) is 10.4 Å². The van der Waals surface area contributed by atoms with E-state index in [2.05, 4.69) is 26.6 Å². The number of likely N-dealkylation sites (tertiary alicyclic amines) is 1. The van der Waals surface area contributed by atoms with Crippen LogP contribution in [0.4, 0.5) is 21.0 Å². The van der Waals surface area contributed by atoms with Gasteiger partial charge in [0.2, 0.25) is 0 Å². The molecule has 0 aliphatic carbocycles. The van der Waals surface area contributed by atoms with Crippen molar-refractivity contribution in [3.05, 3.63) is 69.1 Å². The number of anilines is 2. The molecular weight excluding hydrogens is 1090 g/mol. The van der Waals surface area contributed by atoms with Crippen molar-refractivity contribution >= 4 is 58.7 Å². The summed E-state index contributed by atoms with van der Waals surface area (Å²) < 4.78 is 65.4. The van der Waals surface area contributed by atoms with Gasteiger partial charge in [-0.1, -0.05) is 28.7 Å². The number of hydroxylamine groups is 2. The fourth-order valence-electron chi connectivity index (χ4n) is 8.04. The minimum Gasteiger partial charge on any atom is -0.379 e. The van der Waals surface area contributed by atoms with E-state index in [1.807, 2.05) is 0 Å². The van der Waals surface area contributed by atoms with E-state index < -0.39 is 41.2 Å². The molecule has 0 aromatic heterocycles. The third-order valence-electron chi connectivity index (χ3n) is 12.2. The molecular formula is C53H73ClN8O19. The van der Waals surface area contributed by atoms with Gasteiger partial charge in [-0.2, -0.15) is 0 Å². The highest BCUT2D eigenvalue weighted by Gasteiger charge is 2.53. The predicted molar refractivity (Wildman–Crippen MR) is 288 cm³/mol. The number of rotatable bonds is 43. The summed E-state index contributed by atoms with van der Waals surface area (Å²) in [4.78, 5) is 89.5. The molecule has 1 atom stereocenters. The molecule has 3 aliphatic rings. The van der Waals surface area contributed by atoms with E-state index in [-0.39, 0.29) is 80.9 Å². The van der Waals surface area contributed by atoms with Gasteiger partial charge >= 0.3 is 18.0 Å². The molecule has 2 aromatic rings. The number of carbonyl (C=O) groups excluding carboxylic acids is 6. The van der Waals surface area contributed by atoms with Crippen LogP contribution in [0.15, 0.2) is 47.6 Å². The van der Waals surface area contributed by atoms with E-state index in [0.717, 1.165) is 4.90 Å². The molecule has 5 rings (SSSR count). The highest BCUT2D eigenvalue weighted by atomic mass is 35.5. The molecule has 3 saturated heterocycles. The van der Waals surface area contributed by atoms with Crippen LogP contribution in [0.1, 0.15) is 42.7 Å². The predicted octanol–water partition coefficient (Wildman–Crippen LogP) is 3.64. The van der Waals surface area contributed by atoms with E-state index in [1.54, 1.807) is 24.3 Å². The molecule has 28 heteroatoms. The molecule has 2 N–H and O–H groups in total. The summed E-state index contributed by atoms with van der Waals surface area (Å²) >= 11 is 6.45. The number of hydrogen-bond acceptors (Lipinski definition) is 20. The molecule has 3 aliphatic heterocycles. The highest BCUT2D eigenvalue weighted by Crippen LogP contribution is 2.38. The first-order valence-corrected chi connectivity index (χ1v) is 27.0. The van der Waals surface area contributed by atoms with Crippen molar-refractivity contribution in [2.75, 3.05) is 188 Å². The number of nitrogens with one attached hydrogen (secondary N) is 2. The van der Waals surface area contributed by atoms with Crippen LogP contribution in [0.2, 0.25) is 5.02 Å². The zero-order valence-corrected chi connectivity index (χ0v) is 46.2. The fraction of sp³-hybridized carbons (Fsp3) is 0.623. The Labute approximate surface area is 475 Å². The van der Waals surface area contributed by atoms with Crippen molar-refractivity contribution in [1.29, 1.82) is 0 Å². The average Bonchev–Trinajstić information content (AvgIpc) is 4.02. The number of nitrogens with zero attached hydrogens (tertiary/aromatic N) is 6. The standard InChI is InChI=1S/C53H73ClN8O19/c1-2-41-4-3-5-44(36-41)57-51(67)60-10-7-53(8-11-60)50(66)61(52(68)58-53)45-38-42(37-43(54)39-45)46-40-47(63)62(49(46)65)81-48(64)6-12-69-14-16-71-18-20-73-22-24-75-26-28-77-30-32-79-34-35-80-33-31-78-29-27-76-25-23-74-21-19-72-17-15-70-13-9-56-59-55/h1,3-5,36-39,46H,6-35,40H2,(H,57,67)(H,58,68). The number of carbonyl (C=O) groups is 6. The van der Waals surface area contributed by atoms with Gasteiger partial charge in [0, 0.05) is 47.2 Å². The van der Waals surface area contributed by atoms with Crippen LogP contribution in [0, 0.1) is 12.3 Å². The lowest BCUT2D eigenvalue weighted by Crippen LogP contribution is -2.56. The Morgan fingerprint density at radius 2 is 1.15 bits per heavy atom. The molecule has 81 heavy (non-hydrogen) atoms. The number of terminal acetylenes is 1. The second-order valence-corrected chi connectivity index (χ2v) is 18.3. The normalized spacial score (nSPS) is 15.8. The molecule has 3 fully saturated rings. The van der Waals surface area contributed by atoms with Crippen molar-refractivity contribution in [3.8, 4) is 12.3 Å². The average molecular weight is 1160 g/mol. The first kappa shape index (κ1) is 65.7. The number of benzene rings is 2. The lowest BCUT2D eigenvalue weighted by molar-refractivity contribution is -0.198.